The standard InChI is InChI=1S/C17H13ClN2O2/c1-22-14-8-2-11(3-9-14)10-15-17(21)20-16(19-15)12-4-6-13(18)7-5-12/h2-10H,1H3,(H,19,20,21)/b15-10-. The quantitative estimate of drug-likeness (QED) is 0.884. The summed E-state index contributed by atoms with van der Waals surface area (Å²) >= 11 is 5.86. The number of halogens is 1. The van der Waals surface area contributed by atoms with Gasteiger partial charge in [-0.15, -0.1) is 0 Å². The van der Waals surface area contributed by atoms with Crippen LogP contribution in [0.15, 0.2) is 59.2 Å². The summed E-state index contributed by atoms with van der Waals surface area (Å²) in [4.78, 5) is 16.4. The lowest BCUT2D eigenvalue weighted by molar-refractivity contribution is -0.115. The maximum atomic E-state index is 12.0. The number of carbonyl (C=O) groups excluding carboxylic acids is 1. The highest BCUT2D eigenvalue weighted by atomic mass is 35.5. The van der Waals surface area contributed by atoms with E-state index in [4.69, 9.17) is 16.3 Å². The highest BCUT2D eigenvalue weighted by Gasteiger charge is 2.20. The molecule has 22 heavy (non-hydrogen) atoms. The Hall–Kier alpha value is -2.59. The van der Waals surface area contributed by atoms with Gasteiger partial charge in [0.2, 0.25) is 0 Å². The zero-order valence-corrected chi connectivity index (χ0v) is 12.6. The second-order valence-electron chi connectivity index (χ2n) is 4.72. The summed E-state index contributed by atoms with van der Waals surface area (Å²) in [6, 6.07) is 14.6. The van der Waals surface area contributed by atoms with Crippen LogP contribution in [0, 0.1) is 0 Å². The Labute approximate surface area is 133 Å². The van der Waals surface area contributed by atoms with Crippen LogP contribution in [-0.4, -0.2) is 18.9 Å². The Morgan fingerprint density at radius 3 is 2.41 bits per heavy atom. The lowest BCUT2D eigenvalue weighted by Gasteiger charge is -1.99. The van der Waals surface area contributed by atoms with Crippen molar-refractivity contribution < 1.29 is 9.53 Å². The maximum absolute atomic E-state index is 12.0. The van der Waals surface area contributed by atoms with E-state index in [2.05, 4.69) is 10.3 Å². The molecule has 0 spiro atoms. The molecule has 0 aromatic heterocycles. The molecular weight excluding hydrogens is 300 g/mol. The molecule has 0 saturated carbocycles. The van der Waals surface area contributed by atoms with E-state index in [1.165, 1.54) is 0 Å². The zero-order valence-electron chi connectivity index (χ0n) is 11.8. The van der Waals surface area contributed by atoms with Crippen LogP contribution in [0.25, 0.3) is 6.08 Å². The summed E-state index contributed by atoms with van der Waals surface area (Å²) in [6.07, 6.45) is 1.73. The van der Waals surface area contributed by atoms with Gasteiger partial charge in [-0.3, -0.25) is 4.79 Å². The molecule has 2 aromatic carbocycles. The summed E-state index contributed by atoms with van der Waals surface area (Å²) < 4.78 is 5.11. The minimum atomic E-state index is -0.222. The fourth-order valence-corrected chi connectivity index (χ4v) is 2.20. The number of nitrogens with one attached hydrogen (secondary N) is 1. The van der Waals surface area contributed by atoms with Crippen LogP contribution < -0.4 is 10.1 Å². The Bertz CT molecular complexity index is 762. The number of ether oxygens (including phenoxy) is 1. The number of hydrogen-bond acceptors (Lipinski definition) is 3. The third-order valence-corrected chi connectivity index (χ3v) is 3.49. The van der Waals surface area contributed by atoms with Crippen molar-refractivity contribution in [3.63, 3.8) is 0 Å². The minimum Gasteiger partial charge on any atom is -0.497 e. The molecule has 5 heteroatoms. The highest BCUT2D eigenvalue weighted by molar-refractivity contribution is 6.30. The van der Waals surface area contributed by atoms with Crippen LogP contribution in [0.5, 0.6) is 5.75 Å². The van der Waals surface area contributed by atoms with Crippen molar-refractivity contribution in [3.05, 3.63) is 70.4 Å². The first kappa shape index (κ1) is 14.4. The van der Waals surface area contributed by atoms with E-state index in [0.717, 1.165) is 16.9 Å². The van der Waals surface area contributed by atoms with Crippen LogP contribution in [-0.2, 0) is 4.79 Å². The van der Waals surface area contributed by atoms with Gasteiger partial charge in [0.05, 0.1) is 7.11 Å². The Balaban J connectivity index is 1.88. The number of rotatable bonds is 3. The first-order chi connectivity index (χ1) is 10.7. The van der Waals surface area contributed by atoms with Gasteiger partial charge in [-0.25, -0.2) is 4.99 Å². The van der Waals surface area contributed by atoms with Crippen LogP contribution in [0.2, 0.25) is 5.02 Å². The van der Waals surface area contributed by atoms with E-state index in [0.29, 0.717) is 16.6 Å². The monoisotopic (exact) mass is 312 g/mol. The van der Waals surface area contributed by atoms with Gasteiger partial charge in [-0.05, 0) is 48.0 Å². The van der Waals surface area contributed by atoms with Gasteiger partial charge in [0, 0.05) is 10.6 Å². The van der Waals surface area contributed by atoms with Gasteiger partial charge in [0.25, 0.3) is 5.91 Å². The topological polar surface area (TPSA) is 50.7 Å². The zero-order chi connectivity index (χ0) is 15.5. The third kappa shape index (κ3) is 3.02. The number of methoxy groups -OCH3 is 1. The fourth-order valence-electron chi connectivity index (χ4n) is 2.07. The lowest BCUT2D eigenvalue weighted by atomic mass is 10.2. The SMILES string of the molecule is COc1ccc(/C=C2\N=C(c3ccc(Cl)cc3)NC2=O)cc1. The van der Waals surface area contributed by atoms with E-state index >= 15 is 0 Å². The van der Waals surface area contributed by atoms with E-state index in [1.807, 2.05) is 36.4 Å². The van der Waals surface area contributed by atoms with Crippen LogP contribution >= 0.6 is 11.6 Å². The smallest absolute Gasteiger partial charge is 0.275 e. The van der Waals surface area contributed by atoms with Gasteiger partial charge in [0.1, 0.15) is 17.3 Å². The van der Waals surface area contributed by atoms with Gasteiger partial charge in [0.15, 0.2) is 0 Å². The largest absolute Gasteiger partial charge is 0.497 e. The molecule has 1 amide bonds. The molecule has 1 aliphatic rings. The first-order valence-electron chi connectivity index (χ1n) is 6.67. The first-order valence-corrected chi connectivity index (χ1v) is 7.05. The summed E-state index contributed by atoms with van der Waals surface area (Å²) in [5, 5.41) is 3.40. The molecule has 4 nitrogen and oxygen atoms in total. The normalized spacial score (nSPS) is 15.6. The molecule has 0 unspecified atom stereocenters. The van der Waals surface area contributed by atoms with Crippen molar-refractivity contribution in [2.75, 3.05) is 7.11 Å². The summed E-state index contributed by atoms with van der Waals surface area (Å²) in [5.74, 6) is 1.07. The Kier molecular flexibility index (Phi) is 3.94. The molecule has 0 atom stereocenters. The van der Waals surface area contributed by atoms with Crippen molar-refractivity contribution in [1.82, 2.24) is 5.32 Å². The molecule has 0 aliphatic carbocycles. The van der Waals surface area contributed by atoms with E-state index in [9.17, 15) is 4.79 Å². The molecule has 1 N–H and O–H groups in total. The van der Waals surface area contributed by atoms with Crippen LogP contribution in [0.4, 0.5) is 0 Å². The van der Waals surface area contributed by atoms with Gasteiger partial charge in [-0.1, -0.05) is 23.7 Å². The number of benzene rings is 2. The van der Waals surface area contributed by atoms with E-state index in [1.54, 1.807) is 25.3 Å². The molecule has 0 saturated heterocycles. The molecule has 1 aliphatic heterocycles. The molecule has 0 radical (unpaired) electrons. The average molecular weight is 313 g/mol. The molecular formula is C17H13ClN2O2. The summed E-state index contributed by atoms with van der Waals surface area (Å²) in [6.45, 7) is 0. The van der Waals surface area contributed by atoms with Crippen LogP contribution in [0.3, 0.4) is 0 Å². The van der Waals surface area contributed by atoms with Gasteiger partial charge >= 0.3 is 0 Å². The second kappa shape index (κ2) is 6.03. The molecule has 0 bridgehead atoms. The number of carbonyl (C=O) groups is 1. The van der Waals surface area contributed by atoms with Gasteiger partial charge in [-0.2, -0.15) is 0 Å². The van der Waals surface area contributed by atoms with Gasteiger partial charge < -0.3 is 10.1 Å². The highest BCUT2D eigenvalue weighted by Crippen LogP contribution is 2.18. The average Bonchev–Trinajstić information content (AvgIpc) is 2.90. The molecule has 110 valence electrons. The Morgan fingerprint density at radius 2 is 1.77 bits per heavy atom. The van der Waals surface area contributed by atoms with E-state index < -0.39 is 0 Å². The van der Waals surface area contributed by atoms with Crippen molar-refractivity contribution >= 4 is 29.4 Å². The number of aliphatic imine (C=N–C) groups is 1. The number of hydrogen-bond donors (Lipinski definition) is 1. The van der Waals surface area contributed by atoms with Crippen molar-refractivity contribution in [2.24, 2.45) is 4.99 Å². The number of amidine groups is 1. The number of amides is 1. The summed E-state index contributed by atoms with van der Waals surface area (Å²) in [5.41, 5.74) is 2.07. The van der Waals surface area contributed by atoms with Crippen molar-refractivity contribution in [1.29, 1.82) is 0 Å². The fraction of sp³-hybridized carbons (Fsp3) is 0.0588. The molecule has 2 aromatic rings. The van der Waals surface area contributed by atoms with E-state index in [-0.39, 0.29) is 5.91 Å². The van der Waals surface area contributed by atoms with Crippen LogP contribution in [0.1, 0.15) is 11.1 Å². The third-order valence-electron chi connectivity index (χ3n) is 3.23. The minimum absolute atomic E-state index is 0.222. The molecule has 3 rings (SSSR count). The van der Waals surface area contributed by atoms with Crippen molar-refractivity contribution in [2.45, 2.75) is 0 Å². The predicted molar refractivity (Wildman–Crippen MR) is 87.1 cm³/mol. The molecule has 0 fully saturated rings. The molecule has 1 heterocycles. The maximum Gasteiger partial charge on any atom is 0.275 e. The lowest BCUT2D eigenvalue weighted by Crippen LogP contribution is -2.24. The second-order valence-corrected chi connectivity index (χ2v) is 5.16. The predicted octanol–water partition coefficient (Wildman–Crippen LogP) is 3.27. The number of nitrogens with zero attached hydrogens (tertiary/aromatic N) is 1. The van der Waals surface area contributed by atoms with Crippen molar-refractivity contribution in [3.8, 4) is 5.75 Å². The summed E-state index contributed by atoms with van der Waals surface area (Å²) in [7, 11) is 1.61. The Morgan fingerprint density at radius 1 is 1.09 bits per heavy atom.